The lowest BCUT2D eigenvalue weighted by Crippen LogP contribution is -2.45. The van der Waals surface area contributed by atoms with E-state index in [1.54, 1.807) is 50.2 Å². The summed E-state index contributed by atoms with van der Waals surface area (Å²) in [5.74, 6) is 2.11. The highest BCUT2D eigenvalue weighted by atomic mass is 35.5. The summed E-state index contributed by atoms with van der Waals surface area (Å²) in [7, 11) is -4.15. The van der Waals surface area contributed by atoms with Crippen LogP contribution in [-0.2, 0) is 4.43 Å². The SMILES string of the molecule is [C-]#[N+]c1ccc(N[C@@H](c2nnc(-c3cccc(O)c3)o2)[C@@H](C)O)c(C)c1Cl.[C-]#[N+]c1ccc(N[C@@H](c2nnc(-c3cccc(O[Si](C)(C)C(C)(C)C)c3)o2)[C@@H](C)O[Si](C)(C)C(C)(C)C)c(C)c1Cl. The van der Waals surface area contributed by atoms with E-state index in [0.29, 0.717) is 50.0 Å². The van der Waals surface area contributed by atoms with Gasteiger partial charge >= 0.3 is 0 Å². The zero-order valence-electron chi connectivity index (χ0n) is 41.2. The molecule has 4 atom stereocenters. The molecule has 4 aromatic carbocycles. The van der Waals surface area contributed by atoms with Crippen LogP contribution in [0.3, 0.4) is 0 Å². The Labute approximate surface area is 412 Å². The standard InChI is InChI=1S/C31H45ClN4O3Si2.C19H17ClN4O3/c1-20-24(17-18-25(33-9)26(20)32)34-27(21(2)38-40(10,11)30(3,4)5)29-36-35-28(37-29)22-15-14-16-23(19-22)39-41(12,13)31(6,7)8;1-10-14(7-8-15(21-3)16(10)20)22-17(11(2)25)19-24-23-18(27-19)12-5-4-6-13(26)9-12/h14-19,21,27,34H,1-8,10-13H3;4-9,11,17,22,25-26H,1-2H3/t21-,27-;11-,17-/m11/s1. The first kappa shape index (κ1) is 53.2. The van der Waals surface area contributed by atoms with Gasteiger partial charge in [0.15, 0.2) is 8.32 Å². The Kier molecular flexibility index (Phi) is 16.7. The molecule has 6 rings (SSSR count). The van der Waals surface area contributed by atoms with Crippen LogP contribution in [0.1, 0.15) is 90.4 Å². The van der Waals surface area contributed by atoms with Crippen molar-refractivity contribution in [3.63, 3.8) is 0 Å². The average Bonchev–Trinajstić information content (AvgIpc) is 3.95. The predicted molar refractivity (Wildman–Crippen MR) is 276 cm³/mol. The number of aliphatic hydroxyl groups is 1. The van der Waals surface area contributed by atoms with E-state index in [-0.39, 0.29) is 33.7 Å². The summed E-state index contributed by atoms with van der Waals surface area (Å²) in [6.45, 7) is 44.0. The molecule has 0 unspecified atom stereocenters. The van der Waals surface area contributed by atoms with Crippen molar-refractivity contribution in [2.24, 2.45) is 0 Å². The molecule has 2 heterocycles. The van der Waals surface area contributed by atoms with Gasteiger partial charge in [0, 0.05) is 22.5 Å². The van der Waals surface area contributed by atoms with E-state index < -0.39 is 34.8 Å². The molecule has 360 valence electrons. The fourth-order valence-corrected chi connectivity index (χ4v) is 9.23. The first-order valence-corrected chi connectivity index (χ1v) is 28.7. The minimum absolute atomic E-state index is 0.0207. The van der Waals surface area contributed by atoms with Gasteiger partial charge in [-0.25, -0.2) is 9.69 Å². The average molecular weight is 998 g/mol. The van der Waals surface area contributed by atoms with E-state index in [0.717, 1.165) is 22.6 Å². The second-order valence-electron chi connectivity index (χ2n) is 19.8. The van der Waals surface area contributed by atoms with Crippen molar-refractivity contribution in [2.75, 3.05) is 10.6 Å². The van der Waals surface area contributed by atoms with Crippen molar-refractivity contribution >= 4 is 62.6 Å². The smallest absolute Gasteiger partial charge is 0.250 e. The maximum absolute atomic E-state index is 10.2. The summed E-state index contributed by atoms with van der Waals surface area (Å²) >= 11 is 12.7. The number of nitrogens with zero attached hydrogens (tertiary/aromatic N) is 6. The summed E-state index contributed by atoms with van der Waals surface area (Å²) in [5, 5.41) is 44.3. The topological polar surface area (TPSA) is 170 Å². The van der Waals surface area contributed by atoms with Crippen LogP contribution in [0.15, 0.2) is 81.6 Å². The zero-order chi connectivity index (χ0) is 50.5. The quantitative estimate of drug-likeness (QED) is 0.0603. The molecule has 0 fully saturated rings. The van der Waals surface area contributed by atoms with Crippen molar-refractivity contribution < 1.29 is 27.9 Å². The maximum atomic E-state index is 10.2. The van der Waals surface area contributed by atoms with Crippen LogP contribution < -0.4 is 15.1 Å². The van der Waals surface area contributed by atoms with Gasteiger partial charge in [0.1, 0.15) is 23.6 Å². The Morgan fingerprint density at radius 1 is 0.662 bits per heavy atom. The maximum Gasteiger partial charge on any atom is 0.250 e. The van der Waals surface area contributed by atoms with Gasteiger partial charge in [-0.3, -0.25) is 0 Å². The summed E-state index contributed by atoms with van der Waals surface area (Å²) < 4.78 is 25.3. The summed E-state index contributed by atoms with van der Waals surface area (Å²) in [4.78, 5) is 6.89. The second-order valence-corrected chi connectivity index (χ2v) is 30.0. The molecule has 2 aromatic heterocycles. The molecule has 68 heavy (non-hydrogen) atoms. The minimum Gasteiger partial charge on any atom is -0.543 e. The lowest BCUT2D eigenvalue weighted by molar-refractivity contribution is 0.159. The third-order valence-electron chi connectivity index (χ3n) is 12.6. The van der Waals surface area contributed by atoms with Crippen molar-refractivity contribution in [3.05, 3.63) is 129 Å². The van der Waals surface area contributed by atoms with Crippen molar-refractivity contribution in [3.8, 4) is 34.4 Å². The van der Waals surface area contributed by atoms with Gasteiger partial charge < -0.3 is 38.5 Å². The molecular weight excluding hydrogens is 936 g/mol. The van der Waals surface area contributed by atoms with E-state index >= 15 is 0 Å². The van der Waals surface area contributed by atoms with Crippen molar-refractivity contribution in [1.82, 2.24) is 20.4 Å². The lowest BCUT2D eigenvalue weighted by Gasteiger charge is -2.40. The van der Waals surface area contributed by atoms with Crippen LogP contribution in [0, 0.1) is 27.0 Å². The molecule has 0 radical (unpaired) electrons. The Bertz CT molecular complexity index is 2800. The summed E-state index contributed by atoms with van der Waals surface area (Å²) in [6.07, 6.45) is -1.14. The number of halogens is 2. The monoisotopic (exact) mass is 996 g/mol. The number of benzene rings is 4. The number of nitrogens with one attached hydrogen (secondary N) is 2. The van der Waals surface area contributed by atoms with E-state index in [9.17, 15) is 10.2 Å². The second kappa shape index (κ2) is 21.3. The minimum atomic E-state index is -2.13. The van der Waals surface area contributed by atoms with Crippen molar-refractivity contribution in [2.45, 2.75) is 130 Å². The van der Waals surface area contributed by atoms with E-state index in [4.69, 9.17) is 54.0 Å². The van der Waals surface area contributed by atoms with Gasteiger partial charge in [-0.2, -0.15) is 0 Å². The van der Waals surface area contributed by atoms with E-state index in [1.165, 1.54) is 6.07 Å². The largest absolute Gasteiger partial charge is 0.543 e. The van der Waals surface area contributed by atoms with Crippen LogP contribution in [0.25, 0.3) is 32.6 Å². The molecule has 0 saturated heterocycles. The van der Waals surface area contributed by atoms with Crippen LogP contribution in [0.4, 0.5) is 22.7 Å². The molecule has 0 spiro atoms. The third kappa shape index (κ3) is 12.5. The highest BCUT2D eigenvalue weighted by Crippen LogP contribution is 2.42. The molecule has 0 bridgehead atoms. The highest BCUT2D eigenvalue weighted by molar-refractivity contribution is 6.75. The van der Waals surface area contributed by atoms with E-state index in [2.05, 4.69) is 108 Å². The van der Waals surface area contributed by atoms with Crippen molar-refractivity contribution in [1.29, 1.82) is 0 Å². The summed E-state index contributed by atoms with van der Waals surface area (Å²) in [6, 6.07) is 20.0. The molecule has 0 aliphatic rings. The molecule has 18 heteroatoms. The third-order valence-corrected chi connectivity index (χ3v) is 22.5. The fourth-order valence-electron chi connectivity index (χ4n) is 6.37. The zero-order valence-corrected chi connectivity index (χ0v) is 44.7. The van der Waals surface area contributed by atoms with Gasteiger partial charge in [0.2, 0.25) is 43.3 Å². The van der Waals surface area contributed by atoms with Crippen LogP contribution in [0.2, 0.25) is 46.3 Å². The van der Waals surface area contributed by atoms with Gasteiger partial charge in [0.05, 0.1) is 35.4 Å². The van der Waals surface area contributed by atoms with E-state index in [1.807, 2.05) is 44.2 Å². The fraction of sp³-hybridized carbons (Fsp3) is 0.400. The first-order chi connectivity index (χ1) is 31.7. The molecular formula is C50H62Cl2N8O6Si2. The molecule has 0 aliphatic carbocycles. The number of hydrogen-bond acceptors (Lipinski definition) is 12. The number of rotatable bonds is 14. The number of aromatic nitrogens is 4. The normalized spacial score (nSPS) is 13.8. The first-order valence-electron chi connectivity index (χ1n) is 22.2. The van der Waals surface area contributed by atoms with Gasteiger partial charge in [-0.15, -0.1) is 20.4 Å². The summed E-state index contributed by atoms with van der Waals surface area (Å²) in [5.41, 5.74) is 5.02. The predicted octanol–water partition coefficient (Wildman–Crippen LogP) is 14.7. The molecule has 14 nitrogen and oxygen atoms in total. The van der Waals surface area contributed by atoms with Crippen LogP contribution in [-0.4, -0.2) is 59.5 Å². The number of hydrogen-bond donors (Lipinski definition) is 4. The number of aromatic hydroxyl groups is 1. The highest BCUT2D eigenvalue weighted by Gasteiger charge is 2.42. The van der Waals surface area contributed by atoms with Gasteiger partial charge in [-0.1, -0.05) is 89.0 Å². The Morgan fingerprint density at radius 3 is 1.57 bits per heavy atom. The molecule has 0 aliphatic heterocycles. The lowest BCUT2D eigenvalue weighted by atomic mass is 10.1. The molecule has 0 saturated carbocycles. The Hall–Kier alpha value is -5.73. The Balaban J connectivity index is 0.000000276. The van der Waals surface area contributed by atoms with Gasteiger partial charge in [0.25, 0.3) is 0 Å². The number of phenols is 1. The Morgan fingerprint density at radius 2 is 1.12 bits per heavy atom. The molecule has 4 N–H and O–H groups in total. The molecule has 6 aromatic rings. The van der Waals surface area contributed by atoms with Crippen LogP contribution >= 0.6 is 23.2 Å². The number of aliphatic hydroxyl groups excluding tert-OH is 1. The van der Waals surface area contributed by atoms with Crippen LogP contribution in [0.5, 0.6) is 11.5 Å². The molecule has 0 amide bonds. The number of anilines is 2. The van der Waals surface area contributed by atoms with Gasteiger partial charge in [-0.05, 0) is 124 Å². The number of phenolic OH excluding ortho intramolecular Hbond substituents is 1.